The third kappa shape index (κ3) is 4.31. The number of carbonyl (C=O) groups is 2. The third-order valence-electron chi connectivity index (χ3n) is 1.83. The average Bonchev–Trinajstić information content (AvgIpc) is 2.29. The van der Waals surface area contributed by atoms with Gasteiger partial charge < -0.3 is 10.4 Å². The Morgan fingerprint density at radius 2 is 2.44 bits per heavy atom. The van der Waals surface area contributed by atoms with Crippen LogP contribution in [-0.2, 0) is 15.3 Å². The number of pyridine rings is 1. The zero-order chi connectivity index (χ0) is 11.8. The van der Waals surface area contributed by atoms with Gasteiger partial charge in [0.1, 0.15) is 6.04 Å². The number of carbonyl (C=O) groups excluding carboxylic acids is 1. The number of carboxylic acids is 1. The first-order chi connectivity index (χ1) is 7.74. The molecule has 0 spiro atoms. The summed E-state index contributed by atoms with van der Waals surface area (Å²) in [6, 6.07) is 4.73. The Balaban J connectivity index is 2.33. The van der Waals surface area contributed by atoms with Crippen molar-refractivity contribution in [2.75, 3.05) is 5.75 Å². The van der Waals surface area contributed by atoms with Gasteiger partial charge in [-0.25, -0.2) is 4.79 Å². The predicted molar refractivity (Wildman–Crippen MR) is 61.0 cm³/mol. The van der Waals surface area contributed by atoms with Crippen LogP contribution in [0.15, 0.2) is 24.4 Å². The summed E-state index contributed by atoms with van der Waals surface area (Å²) in [4.78, 5) is 24.9. The van der Waals surface area contributed by atoms with Crippen molar-refractivity contribution in [2.24, 2.45) is 0 Å². The molecule has 1 atom stereocenters. The fraction of sp³-hybridized carbons (Fsp3) is 0.300. The highest BCUT2D eigenvalue weighted by Crippen LogP contribution is 2.10. The highest BCUT2D eigenvalue weighted by molar-refractivity contribution is 7.98. The van der Waals surface area contributed by atoms with E-state index in [0.29, 0.717) is 17.9 Å². The fourth-order valence-corrected chi connectivity index (χ4v) is 2.01. The quantitative estimate of drug-likeness (QED) is 0.679. The van der Waals surface area contributed by atoms with E-state index in [1.807, 2.05) is 18.2 Å². The molecule has 0 saturated carbocycles. The molecule has 5 nitrogen and oxygen atoms in total. The molecule has 1 unspecified atom stereocenters. The molecule has 0 fully saturated rings. The number of rotatable bonds is 7. The van der Waals surface area contributed by atoms with E-state index in [9.17, 15) is 9.59 Å². The number of aliphatic carboxylic acids is 1. The van der Waals surface area contributed by atoms with Crippen LogP contribution >= 0.6 is 11.8 Å². The third-order valence-corrected chi connectivity index (χ3v) is 2.90. The van der Waals surface area contributed by atoms with Crippen molar-refractivity contribution in [3.05, 3.63) is 30.1 Å². The largest absolute Gasteiger partial charge is 0.480 e. The summed E-state index contributed by atoms with van der Waals surface area (Å²) in [6.07, 6.45) is 2.09. The smallest absolute Gasteiger partial charge is 0.327 e. The number of nitrogens with one attached hydrogen (secondary N) is 1. The molecule has 2 N–H and O–H groups in total. The van der Waals surface area contributed by atoms with Crippen molar-refractivity contribution < 1.29 is 14.7 Å². The molecule has 1 heterocycles. The van der Waals surface area contributed by atoms with E-state index in [2.05, 4.69) is 10.3 Å². The molecular formula is C10H12N2O3S. The van der Waals surface area contributed by atoms with Gasteiger partial charge in [0, 0.05) is 17.7 Å². The van der Waals surface area contributed by atoms with E-state index in [4.69, 9.17) is 5.11 Å². The molecule has 1 rings (SSSR count). The highest BCUT2D eigenvalue weighted by Gasteiger charge is 2.15. The Kier molecular flexibility index (Phi) is 5.35. The first kappa shape index (κ1) is 12.5. The Morgan fingerprint density at radius 3 is 3.00 bits per heavy atom. The molecule has 1 aromatic heterocycles. The molecule has 1 amide bonds. The molecular weight excluding hydrogens is 228 g/mol. The number of carboxylic acid groups (broad SMARTS) is 1. The Bertz CT molecular complexity index is 345. The van der Waals surface area contributed by atoms with Gasteiger partial charge in [-0.1, -0.05) is 6.07 Å². The molecule has 16 heavy (non-hydrogen) atoms. The molecule has 6 heteroatoms. The van der Waals surface area contributed by atoms with Crippen LogP contribution in [0.3, 0.4) is 0 Å². The number of nitrogens with zero attached hydrogens (tertiary/aromatic N) is 1. The van der Waals surface area contributed by atoms with Gasteiger partial charge >= 0.3 is 5.97 Å². The summed E-state index contributed by atoms with van der Waals surface area (Å²) in [6.45, 7) is 0. The topological polar surface area (TPSA) is 79.3 Å². The minimum Gasteiger partial charge on any atom is -0.480 e. The normalized spacial score (nSPS) is 11.8. The summed E-state index contributed by atoms with van der Waals surface area (Å²) in [5, 5.41) is 11.0. The number of thioether (sulfide) groups is 1. The predicted octanol–water partition coefficient (Wildman–Crippen LogP) is 0.514. The SMILES string of the molecule is O=CNC(CSCc1ccccn1)C(=O)O. The van der Waals surface area contributed by atoms with Gasteiger partial charge in [0.05, 0.1) is 5.69 Å². The van der Waals surface area contributed by atoms with Crippen LogP contribution < -0.4 is 5.32 Å². The monoisotopic (exact) mass is 240 g/mol. The van der Waals surface area contributed by atoms with Gasteiger partial charge in [0.2, 0.25) is 6.41 Å². The molecule has 0 bridgehead atoms. The number of hydrogen-bond acceptors (Lipinski definition) is 4. The second kappa shape index (κ2) is 6.84. The number of amides is 1. The van der Waals surface area contributed by atoms with Crippen molar-refractivity contribution >= 4 is 24.1 Å². The second-order valence-corrected chi connectivity index (χ2v) is 4.04. The second-order valence-electron chi connectivity index (χ2n) is 3.01. The Hall–Kier alpha value is -1.56. The van der Waals surface area contributed by atoms with Crippen molar-refractivity contribution in [3.8, 4) is 0 Å². The molecule has 0 radical (unpaired) electrons. The maximum Gasteiger partial charge on any atom is 0.327 e. The van der Waals surface area contributed by atoms with Gasteiger partial charge in [-0.05, 0) is 12.1 Å². The standard InChI is InChI=1S/C10H12N2O3S/c13-7-12-9(10(14)15)6-16-5-8-3-1-2-4-11-8/h1-4,7,9H,5-6H2,(H,12,13)(H,14,15). The number of aromatic nitrogens is 1. The van der Waals surface area contributed by atoms with Crippen LogP contribution in [0, 0.1) is 0 Å². The van der Waals surface area contributed by atoms with Crippen LogP contribution in [0.25, 0.3) is 0 Å². The van der Waals surface area contributed by atoms with Gasteiger partial charge in [0.25, 0.3) is 0 Å². The first-order valence-corrected chi connectivity index (χ1v) is 5.79. The van der Waals surface area contributed by atoms with Gasteiger partial charge in [-0.15, -0.1) is 0 Å². The van der Waals surface area contributed by atoms with Crippen molar-refractivity contribution in [1.82, 2.24) is 10.3 Å². The molecule has 0 aliphatic carbocycles. The summed E-state index contributed by atoms with van der Waals surface area (Å²) >= 11 is 1.42. The summed E-state index contributed by atoms with van der Waals surface area (Å²) in [7, 11) is 0. The summed E-state index contributed by atoms with van der Waals surface area (Å²) in [5.41, 5.74) is 0.891. The maximum atomic E-state index is 10.7. The van der Waals surface area contributed by atoms with Gasteiger partial charge in [-0.3, -0.25) is 9.78 Å². The van der Waals surface area contributed by atoms with Gasteiger partial charge in [0.15, 0.2) is 0 Å². The lowest BCUT2D eigenvalue weighted by Crippen LogP contribution is -2.37. The van der Waals surface area contributed by atoms with Crippen LogP contribution in [0.2, 0.25) is 0 Å². The van der Waals surface area contributed by atoms with E-state index in [1.165, 1.54) is 11.8 Å². The van der Waals surface area contributed by atoms with E-state index >= 15 is 0 Å². The molecule has 0 aromatic carbocycles. The van der Waals surface area contributed by atoms with E-state index in [0.717, 1.165) is 5.69 Å². The first-order valence-electron chi connectivity index (χ1n) is 4.64. The van der Waals surface area contributed by atoms with Crippen molar-refractivity contribution in [3.63, 3.8) is 0 Å². The minimum absolute atomic E-state index is 0.324. The van der Waals surface area contributed by atoms with Crippen LogP contribution in [-0.4, -0.2) is 34.3 Å². The lowest BCUT2D eigenvalue weighted by atomic mass is 10.3. The maximum absolute atomic E-state index is 10.7. The van der Waals surface area contributed by atoms with Crippen LogP contribution in [0.4, 0.5) is 0 Å². The molecule has 0 aliphatic rings. The Labute approximate surface area is 97.3 Å². The van der Waals surface area contributed by atoms with Crippen molar-refractivity contribution in [1.29, 1.82) is 0 Å². The fourth-order valence-electron chi connectivity index (χ4n) is 1.04. The zero-order valence-corrected chi connectivity index (χ0v) is 9.31. The molecule has 1 aromatic rings. The molecule has 0 saturated heterocycles. The minimum atomic E-state index is -1.03. The summed E-state index contributed by atoms with van der Waals surface area (Å²) in [5.74, 6) is -0.0730. The lowest BCUT2D eigenvalue weighted by Gasteiger charge is -2.09. The number of hydrogen-bond donors (Lipinski definition) is 2. The van der Waals surface area contributed by atoms with E-state index < -0.39 is 12.0 Å². The molecule has 0 aliphatic heterocycles. The average molecular weight is 240 g/mol. The summed E-state index contributed by atoms with van der Waals surface area (Å²) < 4.78 is 0. The van der Waals surface area contributed by atoms with Crippen molar-refractivity contribution in [2.45, 2.75) is 11.8 Å². The van der Waals surface area contributed by atoms with Crippen LogP contribution in [0.5, 0.6) is 0 Å². The van der Waals surface area contributed by atoms with Crippen LogP contribution in [0.1, 0.15) is 5.69 Å². The van der Waals surface area contributed by atoms with E-state index in [-0.39, 0.29) is 0 Å². The van der Waals surface area contributed by atoms with Gasteiger partial charge in [-0.2, -0.15) is 11.8 Å². The highest BCUT2D eigenvalue weighted by atomic mass is 32.2. The lowest BCUT2D eigenvalue weighted by molar-refractivity contribution is -0.139. The van der Waals surface area contributed by atoms with E-state index in [1.54, 1.807) is 6.20 Å². The zero-order valence-electron chi connectivity index (χ0n) is 8.50. The Morgan fingerprint density at radius 1 is 1.62 bits per heavy atom. The molecule has 86 valence electrons.